The number of rotatable bonds is 10. The minimum Gasteiger partial charge on any atom is -0.492 e. The smallest absolute Gasteiger partial charge is 0.243 e. The molecule has 2 aromatic heterocycles. The van der Waals surface area contributed by atoms with Crippen LogP contribution >= 0.6 is 22.7 Å². The van der Waals surface area contributed by atoms with E-state index in [0.717, 1.165) is 10.6 Å². The molecule has 1 aromatic carbocycles. The van der Waals surface area contributed by atoms with Crippen LogP contribution in [-0.2, 0) is 21.2 Å². The van der Waals surface area contributed by atoms with Gasteiger partial charge in [0, 0.05) is 29.4 Å². The zero-order chi connectivity index (χ0) is 22.4. The van der Waals surface area contributed by atoms with Crippen molar-refractivity contribution in [2.75, 3.05) is 25.0 Å². The van der Waals surface area contributed by atoms with Crippen LogP contribution in [0.2, 0.25) is 0 Å². The number of benzene rings is 1. The van der Waals surface area contributed by atoms with Gasteiger partial charge in [0.05, 0.1) is 29.3 Å². The van der Waals surface area contributed by atoms with Gasteiger partial charge in [0.25, 0.3) is 0 Å². The van der Waals surface area contributed by atoms with Gasteiger partial charge in [-0.25, -0.2) is 13.4 Å². The number of amides is 1. The molecule has 0 saturated heterocycles. The highest BCUT2D eigenvalue weighted by atomic mass is 32.2. The van der Waals surface area contributed by atoms with E-state index in [1.54, 1.807) is 31.3 Å². The quantitative estimate of drug-likeness (QED) is 0.463. The number of hydrogen-bond acceptors (Lipinski definition) is 7. The number of ether oxygens (including phenoxy) is 1. The largest absolute Gasteiger partial charge is 0.492 e. The van der Waals surface area contributed by atoms with Gasteiger partial charge in [-0.3, -0.25) is 4.79 Å². The van der Waals surface area contributed by atoms with E-state index in [9.17, 15) is 13.2 Å². The molecule has 0 unspecified atom stereocenters. The number of nitrogens with zero attached hydrogens (tertiary/aromatic N) is 2. The number of thiazole rings is 1. The molecule has 0 atom stereocenters. The van der Waals surface area contributed by atoms with Crippen molar-refractivity contribution in [3.8, 4) is 16.3 Å². The predicted molar refractivity (Wildman–Crippen MR) is 125 cm³/mol. The molecule has 3 aromatic rings. The van der Waals surface area contributed by atoms with Gasteiger partial charge in [-0.1, -0.05) is 13.8 Å². The van der Waals surface area contributed by atoms with Crippen LogP contribution in [0, 0.1) is 0 Å². The normalized spacial score (nSPS) is 11.6. The van der Waals surface area contributed by atoms with Crippen LogP contribution in [0.1, 0.15) is 26.5 Å². The fraction of sp³-hybridized carbons (Fsp3) is 0.333. The Balaban J connectivity index is 1.81. The van der Waals surface area contributed by atoms with Crippen LogP contribution in [0.25, 0.3) is 10.6 Å². The lowest BCUT2D eigenvalue weighted by Gasteiger charge is -2.20. The monoisotopic (exact) mass is 479 g/mol. The molecule has 3 rings (SSSR count). The first-order chi connectivity index (χ1) is 14.9. The third-order valence-electron chi connectivity index (χ3n) is 4.53. The molecule has 2 heterocycles. The maximum absolute atomic E-state index is 12.9. The summed E-state index contributed by atoms with van der Waals surface area (Å²) in [6.07, 6.45) is 0.0826. The van der Waals surface area contributed by atoms with E-state index in [4.69, 9.17) is 4.74 Å². The van der Waals surface area contributed by atoms with E-state index in [1.165, 1.54) is 27.8 Å². The summed E-state index contributed by atoms with van der Waals surface area (Å²) < 4.78 is 32.7. The van der Waals surface area contributed by atoms with Gasteiger partial charge in [0.1, 0.15) is 10.8 Å². The highest BCUT2D eigenvalue weighted by Gasteiger charge is 2.23. The second kappa shape index (κ2) is 10.4. The number of carbonyl (C=O) groups excluding carboxylic acids is 1. The van der Waals surface area contributed by atoms with Gasteiger partial charge in [0.15, 0.2) is 0 Å². The highest BCUT2D eigenvalue weighted by molar-refractivity contribution is 7.89. The highest BCUT2D eigenvalue weighted by Crippen LogP contribution is 2.30. The van der Waals surface area contributed by atoms with Crippen molar-refractivity contribution < 1.29 is 17.9 Å². The number of carbonyl (C=O) groups is 1. The second-order valence-corrected chi connectivity index (χ2v) is 10.1. The molecule has 31 heavy (non-hydrogen) atoms. The maximum Gasteiger partial charge on any atom is 0.243 e. The predicted octanol–water partition coefficient (Wildman–Crippen LogP) is 4.48. The number of nitrogens with one attached hydrogen (secondary N) is 1. The molecule has 1 amide bonds. The molecule has 0 saturated carbocycles. The van der Waals surface area contributed by atoms with E-state index < -0.39 is 10.0 Å². The van der Waals surface area contributed by atoms with Crippen LogP contribution in [0.15, 0.2) is 45.3 Å². The Morgan fingerprint density at radius 2 is 1.94 bits per heavy atom. The Morgan fingerprint density at radius 1 is 1.16 bits per heavy atom. The molecule has 0 aliphatic carbocycles. The van der Waals surface area contributed by atoms with Crippen molar-refractivity contribution in [2.45, 2.75) is 32.1 Å². The van der Waals surface area contributed by atoms with Crippen LogP contribution in [0.3, 0.4) is 0 Å². The zero-order valence-electron chi connectivity index (χ0n) is 17.6. The summed E-state index contributed by atoms with van der Waals surface area (Å²) in [6.45, 7) is 6.52. The van der Waals surface area contributed by atoms with Crippen LogP contribution in [-0.4, -0.2) is 43.3 Å². The van der Waals surface area contributed by atoms with Crippen molar-refractivity contribution >= 4 is 44.3 Å². The third kappa shape index (κ3) is 5.51. The summed E-state index contributed by atoms with van der Waals surface area (Å²) in [5, 5.41) is 9.52. The third-order valence-corrected chi connectivity index (χ3v) is 8.20. The van der Waals surface area contributed by atoms with Gasteiger partial charge >= 0.3 is 0 Å². The van der Waals surface area contributed by atoms with E-state index in [-0.39, 0.29) is 17.2 Å². The molecular weight excluding hydrogens is 454 g/mol. The molecule has 166 valence electrons. The Hall–Kier alpha value is -2.27. The zero-order valence-corrected chi connectivity index (χ0v) is 20.1. The fourth-order valence-electron chi connectivity index (χ4n) is 3.03. The van der Waals surface area contributed by atoms with Crippen LogP contribution in [0.4, 0.5) is 5.69 Å². The lowest BCUT2D eigenvalue weighted by molar-refractivity contribution is -0.115. The molecular formula is C21H25N3O4S3. The van der Waals surface area contributed by atoms with Crippen molar-refractivity contribution in [3.63, 3.8) is 0 Å². The van der Waals surface area contributed by atoms with E-state index >= 15 is 0 Å². The molecule has 0 aliphatic heterocycles. The number of anilines is 1. The van der Waals surface area contributed by atoms with Gasteiger partial charge in [-0.05, 0) is 36.6 Å². The number of hydrogen-bond donors (Lipinski definition) is 1. The van der Waals surface area contributed by atoms with Crippen molar-refractivity contribution in [3.05, 3.63) is 46.1 Å². The van der Waals surface area contributed by atoms with Gasteiger partial charge < -0.3 is 10.1 Å². The Morgan fingerprint density at radius 3 is 2.58 bits per heavy atom. The Bertz CT molecular complexity index is 1120. The summed E-state index contributed by atoms with van der Waals surface area (Å²) in [5.74, 6) is 0.132. The lowest BCUT2D eigenvalue weighted by Crippen LogP contribution is -2.30. The SMILES string of the molecule is CCOc1ccc(S(=O)(=O)N(CC)CC)cc1NC(=O)Cc1csc(-c2ccsc2)n1. The second-order valence-electron chi connectivity index (χ2n) is 6.56. The van der Waals surface area contributed by atoms with Crippen LogP contribution in [0.5, 0.6) is 5.75 Å². The Labute approximate surface area is 190 Å². The van der Waals surface area contributed by atoms with E-state index in [1.807, 2.05) is 29.1 Å². The van der Waals surface area contributed by atoms with E-state index in [0.29, 0.717) is 36.8 Å². The first-order valence-electron chi connectivity index (χ1n) is 9.92. The summed E-state index contributed by atoms with van der Waals surface area (Å²) in [6, 6.07) is 6.52. The fourth-order valence-corrected chi connectivity index (χ4v) is 6.04. The van der Waals surface area contributed by atoms with Gasteiger partial charge in [-0.15, -0.1) is 11.3 Å². The molecule has 0 aliphatic rings. The molecule has 7 nitrogen and oxygen atoms in total. The summed E-state index contributed by atoms with van der Waals surface area (Å²) in [5.41, 5.74) is 2.02. The molecule has 1 N–H and O–H groups in total. The lowest BCUT2D eigenvalue weighted by atomic mass is 10.2. The average molecular weight is 480 g/mol. The first kappa shape index (κ1) is 23.4. The molecule has 10 heteroatoms. The summed E-state index contributed by atoms with van der Waals surface area (Å²) in [4.78, 5) is 17.3. The van der Waals surface area contributed by atoms with E-state index in [2.05, 4.69) is 10.3 Å². The van der Waals surface area contributed by atoms with Gasteiger partial charge in [0.2, 0.25) is 15.9 Å². The molecule has 0 radical (unpaired) electrons. The maximum atomic E-state index is 12.9. The molecule has 0 fully saturated rings. The van der Waals surface area contributed by atoms with Crippen LogP contribution < -0.4 is 10.1 Å². The first-order valence-corrected chi connectivity index (χ1v) is 13.2. The standard InChI is InChI=1S/C21H25N3O4S3/c1-4-24(5-2)31(26,27)17-7-8-19(28-6-3)18(12-17)23-20(25)11-16-14-30-21(22-16)15-9-10-29-13-15/h7-10,12-14H,4-6,11H2,1-3H3,(H,23,25). The summed E-state index contributed by atoms with van der Waals surface area (Å²) in [7, 11) is -3.66. The number of aromatic nitrogens is 1. The van der Waals surface area contributed by atoms with Crippen molar-refractivity contribution in [2.24, 2.45) is 0 Å². The molecule has 0 bridgehead atoms. The summed E-state index contributed by atoms with van der Waals surface area (Å²) >= 11 is 3.08. The minimum atomic E-state index is -3.66. The van der Waals surface area contributed by atoms with Gasteiger partial charge in [-0.2, -0.15) is 15.6 Å². The average Bonchev–Trinajstić information content (AvgIpc) is 3.42. The topological polar surface area (TPSA) is 88.6 Å². The molecule has 0 spiro atoms. The number of thiophene rings is 1. The van der Waals surface area contributed by atoms with Crippen molar-refractivity contribution in [1.82, 2.24) is 9.29 Å². The Kier molecular flexibility index (Phi) is 7.82. The van der Waals surface area contributed by atoms with Crippen molar-refractivity contribution in [1.29, 1.82) is 0 Å². The number of sulfonamides is 1. The minimum absolute atomic E-state index is 0.0826.